The van der Waals surface area contributed by atoms with Gasteiger partial charge in [-0.05, 0) is 25.7 Å². The van der Waals surface area contributed by atoms with E-state index in [1.807, 2.05) is 0 Å². The Morgan fingerprint density at radius 2 is 1.25 bits per heavy atom. The zero-order valence-electron chi connectivity index (χ0n) is 16.1. The fourth-order valence-electron chi connectivity index (χ4n) is 2.52. The van der Waals surface area contributed by atoms with Crippen molar-refractivity contribution in [2.45, 2.75) is 110 Å². The SMILES string of the molecule is CCCCCCC(COC(=O)CCCCC)OC(=O)CCCCC. The molecule has 0 heterocycles. The van der Waals surface area contributed by atoms with Crippen LogP contribution in [0.1, 0.15) is 104 Å². The average Bonchev–Trinajstić information content (AvgIpc) is 2.56. The molecule has 0 saturated carbocycles. The second kappa shape index (κ2) is 16.8. The van der Waals surface area contributed by atoms with E-state index in [2.05, 4.69) is 20.8 Å². The molecule has 0 amide bonds. The summed E-state index contributed by atoms with van der Waals surface area (Å²) in [5, 5.41) is 0. The van der Waals surface area contributed by atoms with Gasteiger partial charge < -0.3 is 9.47 Å². The smallest absolute Gasteiger partial charge is 0.306 e. The fourth-order valence-corrected chi connectivity index (χ4v) is 2.52. The molecular formula is C20H38O4. The molecule has 0 aromatic rings. The number of carbonyl (C=O) groups excluding carboxylic acids is 2. The molecule has 4 heteroatoms. The highest BCUT2D eigenvalue weighted by Crippen LogP contribution is 2.12. The Hall–Kier alpha value is -1.06. The lowest BCUT2D eigenvalue weighted by molar-refractivity contribution is -0.159. The minimum Gasteiger partial charge on any atom is -0.462 e. The summed E-state index contributed by atoms with van der Waals surface area (Å²) in [6.07, 6.45) is 11.9. The van der Waals surface area contributed by atoms with Crippen molar-refractivity contribution in [3.05, 3.63) is 0 Å². The summed E-state index contributed by atoms with van der Waals surface area (Å²) < 4.78 is 10.9. The number of rotatable bonds is 16. The largest absolute Gasteiger partial charge is 0.462 e. The van der Waals surface area contributed by atoms with Gasteiger partial charge in [-0.2, -0.15) is 0 Å². The van der Waals surface area contributed by atoms with Crippen molar-refractivity contribution in [3.8, 4) is 0 Å². The summed E-state index contributed by atoms with van der Waals surface area (Å²) in [5.74, 6) is -0.338. The van der Waals surface area contributed by atoms with Crippen LogP contribution in [0.15, 0.2) is 0 Å². The lowest BCUT2D eigenvalue weighted by atomic mass is 10.1. The van der Waals surface area contributed by atoms with E-state index in [0.717, 1.165) is 57.8 Å². The molecular weight excluding hydrogens is 304 g/mol. The summed E-state index contributed by atoms with van der Waals surface area (Å²) >= 11 is 0. The highest BCUT2D eigenvalue weighted by atomic mass is 16.6. The van der Waals surface area contributed by atoms with Crippen LogP contribution in [0, 0.1) is 0 Å². The summed E-state index contributed by atoms with van der Waals surface area (Å²) in [6.45, 7) is 6.59. The first kappa shape index (κ1) is 22.9. The van der Waals surface area contributed by atoms with Crippen molar-refractivity contribution in [3.63, 3.8) is 0 Å². The molecule has 0 saturated heterocycles. The number of hydrogen-bond acceptors (Lipinski definition) is 4. The quantitative estimate of drug-likeness (QED) is 0.272. The Morgan fingerprint density at radius 1 is 0.708 bits per heavy atom. The lowest BCUT2D eigenvalue weighted by Gasteiger charge is -2.18. The molecule has 24 heavy (non-hydrogen) atoms. The second-order valence-corrected chi connectivity index (χ2v) is 6.56. The van der Waals surface area contributed by atoms with Gasteiger partial charge in [-0.25, -0.2) is 0 Å². The molecule has 0 rings (SSSR count). The van der Waals surface area contributed by atoms with Crippen molar-refractivity contribution in [1.82, 2.24) is 0 Å². The van der Waals surface area contributed by atoms with E-state index in [0.29, 0.717) is 12.8 Å². The highest BCUT2D eigenvalue weighted by molar-refractivity contribution is 5.70. The third-order valence-corrected chi connectivity index (χ3v) is 4.08. The molecule has 0 aliphatic heterocycles. The van der Waals surface area contributed by atoms with Crippen molar-refractivity contribution < 1.29 is 19.1 Å². The molecule has 0 fully saturated rings. The molecule has 0 aromatic heterocycles. The molecule has 0 aromatic carbocycles. The summed E-state index contributed by atoms with van der Waals surface area (Å²) in [6, 6.07) is 0. The van der Waals surface area contributed by atoms with Crippen LogP contribution in [0.2, 0.25) is 0 Å². The minimum absolute atomic E-state index is 0.161. The van der Waals surface area contributed by atoms with E-state index in [-0.39, 0.29) is 24.6 Å². The van der Waals surface area contributed by atoms with E-state index in [1.165, 1.54) is 12.8 Å². The summed E-state index contributed by atoms with van der Waals surface area (Å²) in [7, 11) is 0. The van der Waals surface area contributed by atoms with Crippen LogP contribution in [-0.4, -0.2) is 24.6 Å². The van der Waals surface area contributed by atoms with Crippen LogP contribution in [0.3, 0.4) is 0 Å². The van der Waals surface area contributed by atoms with Gasteiger partial charge in [0.25, 0.3) is 0 Å². The highest BCUT2D eigenvalue weighted by Gasteiger charge is 2.16. The van der Waals surface area contributed by atoms with E-state index >= 15 is 0 Å². The number of ether oxygens (including phenoxy) is 2. The minimum atomic E-state index is -0.286. The van der Waals surface area contributed by atoms with Crippen LogP contribution in [0.4, 0.5) is 0 Å². The Kier molecular flexibility index (Phi) is 16.0. The van der Waals surface area contributed by atoms with Crippen molar-refractivity contribution in [2.75, 3.05) is 6.61 Å². The van der Waals surface area contributed by atoms with Crippen LogP contribution in [0.5, 0.6) is 0 Å². The van der Waals surface area contributed by atoms with E-state index < -0.39 is 0 Å². The van der Waals surface area contributed by atoms with E-state index in [1.54, 1.807) is 0 Å². The maximum atomic E-state index is 11.9. The Morgan fingerprint density at radius 3 is 1.83 bits per heavy atom. The summed E-state index contributed by atoms with van der Waals surface area (Å²) in [5.41, 5.74) is 0. The van der Waals surface area contributed by atoms with Gasteiger partial charge in [-0.1, -0.05) is 65.7 Å². The first-order valence-electron chi connectivity index (χ1n) is 9.99. The van der Waals surface area contributed by atoms with Crippen LogP contribution >= 0.6 is 0 Å². The predicted molar refractivity (Wildman–Crippen MR) is 97.9 cm³/mol. The molecule has 0 radical (unpaired) electrons. The van der Waals surface area contributed by atoms with Gasteiger partial charge in [0, 0.05) is 12.8 Å². The van der Waals surface area contributed by atoms with Gasteiger partial charge in [0.1, 0.15) is 12.7 Å². The first-order valence-corrected chi connectivity index (χ1v) is 9.99. The van der Waals surface area contributed by atoms with E-state index in [9.17, 15) is 9.59 Å². The molecule has 4 nitrogen and oxygen atoms in total. The Bertz CT molecular complexity index is 315. The first-order chi connectivity index (χ1) is 11.6. The Labute approximate surface area is 148 Å². The number of unbranched alkanes of at least 4 members (excludes halogenated alkanes) is 7. The fraction of sp³-hybridized carbons (Fsp3) is 0.900. The number of hydrogen-bond donors (Lipinski definition) is 0. The van der Waals surface area contributed by atoms with Gasteiger partial charge in [0.05, 0.1) is 0 Å². The van der Waals surface area contributed by atoms with Crippen LogP contribution in [-0.2, 0) is 19.1 Å². The molecule has 0 bridgehead atoms. The van der Waals surface area contributed by atoms with Gasteiger partial charge in [-0.15, -0.1) is 0 Å². The third kappa shape index (κ3) is 14.5. The van der Waals surface area contributed by atoms with E-state index in [4.69, 9.17) is 9.47 Å². The van der Waals surface area contributed by atoms with Crippen LogP contribution in [0.25, 0.3) is 0 Å². The third-order valence-electron chi connectivity index (χ3n) is 4.08. The van der Waals surface area contributed by atoms with Crippen molar-refractivity contribution in [1.29, 1.82) is 0 Å². The molecule has 1 atom stereocenters. The normalized spacial score (nSPS) is 12.0. The van der Waals surface area contributed by atoms with Crippen LogP contribution < -0.4 is 0 Å². The lowest BCUT2D eigenvalue weighted by Crippen LogP contribution is -2.25. The zero-order valence-corrected chi connectivity index (χ0v) is 16.1. The number of esters is 2. The van der Waals surface area contributed by atoms with Gasteiger partial charge in [-0.3, -0.25) is 9.59 Å². The average molecular weight is 343 g/mol. The predicted octanol–water partition coefficient (Wildman–Crippen LogP) is 5.57. The number of carbonyl (C=O) groups is 2. The van der Waals surface area contributed by atoms with Gasteiger partial charge in [0.2, 0.25) is 0 Å². The maximum absolute atomic E-state index is 11.9. The maximum Gasteiger partial charge on any atom is 0.306 e. The standard InChI is InChI=1S/C20H38O4/c1-4-7-10-13-14-18(24-20(22)16-12-9-6-3)17-23-19(21)15-11-8-5-2/h18H,4-17H2,1-3H3. The monoisotopic (exact) mass is 342 g/mol. The molecule has 1 unspecified atom stereocenters. The topological polar surface area (TPSA) is 52.6 Å². The molecule has 0 spiro atoms. The van der Waals surface area contributed by atoms with Gasteiger partial charge in [0.15, 0.2) is 0 Å². The second-order valence-electron chi connectivity index (χ2n) is 6.56. The summed E-state index contributed by atoms with van der Waals surface area (Å²) in [4.78, 5) is 23.6. The molecule has 0 aliphatic carbocycles. The molecule has 142 valence electrons. The van der Waals surface area contributed by atoms with Gasteiger partial charge >= 0.3 is 11.9 Å². The van der Waals surface area contributed by atoms with Crippen molar-refractivity contribution >= 4 is 11.9 Å². The van der Waals surface area contributed by atoms with Crippen molar-refractivity contribution in [2.24, 2.45) is 0 Å². The zero-order chi connectivity index (χ0) is 18.0. The molecule has 0 aliphatic rings. The Balaban J connectivity index is 4.15. The molecule has 0 N–H and O–H groups in total.